The molecule has 0 radical (unpaired) electrons. The van der Waals surface area contributed by atoms with Gasteiger partial charge in [0.2, 0.25) is 5.95 Å². The molecule has 64 heavy (non-hydrogen) atoms. The molecule has 1 saturated heterocycles. The molecule has 9 rings (SSSR count). The predicted molar refractivity (Wildman–Crippen MR) is 232 cm³/mol. The number of pyridine rings is 1. The fraction of sp³-hybridized carbons (Fsp3) is 0.340. The van der Waals surface area contributed by atoms with Crippen molar-refractivity contribution in [2.75, 3.05) is 31.5 Å². The summed E-state index contributed by atoms with van der Waals surface area (Å²) in [6.07, 6.45) is -1.18. The summed E-state index contributed by atoms with van der Waals surface area (Å²) in [5.41, 5.74) is 4.41. The highest BCUT2D eigenvalue weighted by Crippen LogP contribution is 2.35. The standard InChI is InChI=1S/C47H46F5N9O3/c1-28-40-42(56-44(54-28)55-37-11-5-6-12-39(37)64-47(50,51)52)61(33-9-8-21-57(25-33)27-46(2,3)4)45(63)60(40)32-17-14-29(15-18-32)43(62)58-22-19-34-35-10-7-20-53-41(35)59(38(34)26-58)24-30-13-16-31(48)23-36(30)49/h5-7,10-18,20,23,33H,8-9,19,21-22,24-27H2,1-4H3,(H,54,55,56)/t33-/m0/s1. The number of hydrogen-bond acceptors (Lipinski definition) is 8. The monoisotopic (exact) mass is 879 g/mol. The molecule has 12 nitrogen and oxygen atoms in total. The quantitative estimate of drug-likeness (QED) is 0.143. The predicted octanol–water partition coefficient (Wildman–Crippen LogP) is 9.09. The van der Waals surface area contributed by atoms with E-state index >= 15 is 0 Å². The van der Waals surface area contributed by atoms with Crippen LogP contribution in [0.2, 0.25) is 0 Å². The molecule has 1 fully saturated rings. The van der Waals surface area contributed by atoms with E-state index in [9.17, 15) is 31.5 Å². The number of benzene rings is 3. The third-order valence-electron chi connectivity index (χ3n) is 11.8. The Bertz CT molecular complexity index is 2970. The summed E-state index contributed by atoms with van der Waals surface area (Å²) < 4.78 is 78.0. The van der Waals surface area contributed by atoms with Crippen LogP contribution < -0.4 is 15.7 Å². The zero-order valence-corrected chi connectivity index (χ0v) is 35.7. The van der Waals surface area contributed by atoms with E-state index < -0.39 is 23.7 Å². The number of para-hydroxylation sites is 2. The molecule has 0 saturated carbocycles. The van der Waals surface area contributed by atoms with E-state index in [1.54, 1.807) is 52.9 Å². The molecule has 1 atom stereocenters. The molecule has 2 aliphatic rings. The second kappa shape index (κ2) is 16.5. The first kappa shape index (κ1) is 42.7. The molecule has 0 unspecified atom stereocenters. The Morgan fingerprint density at radius 2 is 1.72 bits per heavy atom. The van der Waals surface area contributed by atoms with E-state index in [0.717, 1.165) is 42.2 Å². The number of alkyl halides is 3. The topological polar surface area (TPSA) is 115 Å². The number of aromatic nitrogens is 6. The van der Waals surface area contributed by atoms with Crippen LogP contribution >= 0.6 is 0 Å². The SMILES string of the molecule is Cc1nc(Nc2ccccc2OC(F)(F)F)nc2c1n(-c1ccc(C(=O)N3CCc4c(n(Cc5ccc(F)cc5F)c5ncccc45)C3)cc1)c(=O)n2[C@H]1CCCN(CC(C)(C)C)C1. The van der Waals surface area contributed by atoms with Crippen LogP contribution in [0.15, 0.2) is 89.9 Å². The lowest BCUT2D eigenvalue weighted by Crippen LogP contribution is -2.43. The normalized spacial score (nSPS) is 16.1. The number of amides is 1. The highest BCUT2D eigenvalue weighted by Gasteiger charge is 2.34. The van der Waals surface area contributed by atoms with Gasteiger partial charge in [-0.3, -0.25) is 13.9 Å². The van der Waals surface area contributed by atoms with Gasteiger partial charge in [-0.25, -0.2) is 23.5 Å². The maximum Gasteiger partial charge on any atom is 0.573 e. The lowest BCUT2D eigenvalue weighted by atomic mass is 9.94. The van der Waals surface area contributed by atoms with Crippen LogP contribution in [0.3, 0.4) is 0 Å². The number of hydrogen-bond donors (Lipinski definition) is 1. The summed E-state index contributed by atoms with van der Waals surface area (Å²) in [7, 11) is 0. The number of anilines is 2. The van der Waals surface area contributed by atoms with Crippen molar-refractivity contribution in [3.8, 4) is 11.4 Å². The van der Waals surface area contributed by atoms with Gasteiger partial charge >= 0.3 is 12.1 Å². The van der Waals surface area contributed by atoms with E-state index in [2.05, 4.69) is 45.7 Å². The number of aryl methyl sites for hydroxylation is 1. The summed E-state index contributed by atoms with van der Waals surface area (Å²) >= 11 is 0. The van der Waals surface area contributed by atoms with Crippen molar-refractivity contribution in [2.45, 2.75) is 72.5 Å². The Morgan fingerprint density at radius 1 is 0.938 bits per heavy atom. The lowest BCUT2D eigenvalue weighted by molar-refractivity contribution is -0.274. The number of likely N-dealkylation sites (tertiary alicyclic amines) is 1. The average Bonchev–Trinajstić information content (AvgIpc) is 3.72. The molecular weight excluding hydrogens is 834 g/mol. The number of imidazole rings is 1. The van der Waals surface area contributed by atoms with Crippen molar-refractivity contribution in [1.82, 2.24) is 38.5 Å². The van der Waals surface area contributed by atoms with E-state index in [1.807, 2.05) is 16.7 Å². The minimum absolute atomic E-state index is 0.00832. The fourth-order valence-corrected chi connectivity index (χ4v) is 9.22. The number of piperidine rings is 1. The molecule has 3 aromatic carbocycles. The number of carbonyl (C=O) groups is 1. The van der Waals surface area contributed by atoms with Crippen LogP contribution in [-0.4, -0.2) is 76.9 Å². The molecule has 0 spiro atoms. The lowest BCUT2D eigenvalue weighted by Gasteiger charge is -2.36. The van der Waals surface area contributed by atoms with Gasteiger partial charge in [0, 0.05) is 54.1 Å². The van der Waals surface area contributed by atoms with E-state index in [-0.39, 0.29) is 47.8 Å². The summed E-state index contributed by atoms with van der Waals surface area (Å²) in [6, 6.07) is 19.4. The zero-order chi connectivity index (χ0) is 45.1. The fourth-order valence-electron chi connectivity index (χ4n) is 9.22. The van der Waals surface area contributed by atoms with Gasteiger partial charge in [-0.1, -0.05) is 39.0 Å². The number of rotatable bonds is 9. The molecule has 0 bridgehead atoms. The summed E-state index contributed by atoms with van der Waals surface area (Å²) in [5.74, 6) is -2.05. The minimum Gasteiger partial charge on any atom is -0.404 e. The highest BCUT2D eigenvalue weighted by molar-refractivity contribution is 5.95. The van der Waals surface area contributed by atoms with Crippen molar-refractivity contribution >= 4 is 39.7 Å². The third kappa shape index (κ3) is 8.43. The largest absolute Gasteiger partial charge is 0.573 e. The first-order chi connectivity index (χ1) is 30.5. The van der Waals surface area contributed by atoms with Crippen LogP contribution in [0.1, 0.15) is 72.5 Å². The van der Waals surface area contributed by atoms with Crippen molar-refractivity contribution in [3.05, 3.63) is 135 Å². The van der Waals surface area contributed by atoms with Gasteiger partial charge in [-0.15, -0.1) is 13.2 Å². The number of carbonyl (C=O) groups excluding carboxylic acids is 1. The smallest absolute Gasteiger partial charge is 0.404 e. The Balaban J connectivity index is 1.06. The summed E-state index contributed by atoms with van der Waals surface area (Å²) in [6.45, 7) is 11.2. The van der Waals surface area contributed by atoms with Gasteiger partial charge in [0.15, 0.2) is 11.4 Å². The Hall–Kier alpha value is -6.62. The van der Waals surface area contributed by atoms with Gasteiger partial charge in [0.1, 0.15) is 22.8 Å². The molecule has 332 valence electrons. The van der Waals surface area contributed by atoms with Crippen LogP contribution in [0.5, 0.6) is 5.75 Å². The second-order valence-electron chi connectivity index (χ2n) is 17.7. The molecule has 0 aliphatic carbocycles. The second-order valence-corrected chi connectivity index (χ2v) is 17.7. The number of nitrogens with one attached hydrogen (secondary N) is 1. The molecule has 4 aromatic heterocycles. The molecule has 1 amide bonds. The first-order valence-corrected chi connectivity index (χ1v) is 21.2. The van der Waals surface area contributed by atoms with Crippen LogP contribution in [0.4, 0.5) is 33.6 Å². The number of nitrogens with zero attached hydrogens (tertiary/aromatic N) is 8. The number of ether oxygens (including phenoxy) is 1. The van der Waals surface area contributed by atoms with Gasteiger partial charge < -0.3 is 24.4 Å². The molecule has 17 heteroatoms. The molecule has 2 aliphatic heterocycles. The van der Waals surface area contributed by atoms with Crippen molar-refractivity contribution in [2.24, 2.45) is 5.41 Å². The molecular formula is C47H46F5N9O3. The third-order valence-corrected chi connectivity index (χ3v) is 11.8. The number of halogens is 5. The Morgan fingerprint density at radius 3 is 2.47 bits per heavy atom. The Kier molecular flexibility index (Phi) is 11.0. The zero-order valence-electron chi connectivity index (χ0n) is 35.7. The average molecular weight is 880 g/mol. The summed E-state index contributed by atoms with van der Waals surface area (Å²) in [5, 5.41) is 3.81. The highest BCUT2D eigenvalue weighted by atomic mass is 19.4. The van der Waals surface area contributed by atoms with Crippen LogP contribution in [-0.2, 0) is 19.5 Å². The van der Waals surface area contributed by atoms with Crippen molar-refractivity contribution < 1.29 is 31.5 Å². The van der Waals surface area contributed by atoms with E-state index in [0.29, 0.717) is 65.3 Å². The molecule has 1 N–H and O–H groups in total. The minimum atomic E-state index is -4.93. The molecule has 6 heterocycles. The number of fused-ring (bicyclic) bond motifs is 4. The van der Waals surface area contributed by atoms with Gasteiger partial charge in [-0.05, 0) is 98.3 Å². The Labute approximate surface area is 364 Å². The van der Waals surface area contributed by atoms with Gasteiger partial charge in [0.25, 0.3) is 5.91 Å². The van der Waals surface area contributed by atoms with Gasteiger partial charge in [0.05, 0.1) is 36.2 Å². The van der Waals surface area contributed by atoms with Gasteiger partial charge in [-0.2, -0.15) is 4.98 Å². The van der Waals surface area contributed by atoms with E-state index in [1.165, 1.54) is 34.9 Å². The van der Waals surface area contributed by atoms with E-state index in [4.69, 9.17) is 4.98 Å². The van der Waals surface area contributed by atoms with Crippen LogP contribution in [0, 0.1) is 24.0 Å². The van der Waals surface area contributed by atoms with Crippen molar-refractivity contribution in [3.63, 3.8) is 0 Å². The van der Waals surface area contributed by atoms with Crippen LogP contribution in [0.25, 0.3) is 27.9 Å². The summed E-state index contributed by atoms with van der Waals surface area (Å²) in [4.78, 5) is 47.1. The maximum absolute atomic E-state index is 14.9. The first-order valence-electron chi connectivity index (χ1n) is 21.2. The van der Waals surface area contributed by atoms with Crippen molar-refractivity contribution in [1.29, 1.82) is 0 Å². The maximum atomic E-state index is 14.9. The molecule has 7 aromatic rings.